The van der Waals surface area contributed by atoms with E-state index in [0.29, 0.717) is 13.1 Å². The third-order valence-electron chi connectivity index (χ3n) is 5.92. The molecular formula is C20H35N3O6S. The molecule has 0 aliphatic carbocycles. The van der Waals surface area contributed by atoms with Crippen LogP contribution in [-0.2, 0) is 14.4 Å². The molecule has 3 amide bonds. The van der Waals surface area contributed by atoms with Gasteiger partial charge < -0.3 is 25.3 Å². The average molecular weight is 446 g/mol. The van der Waals surface area contributed by atoms with Gasteiger partial charge in [0.1, 0.15) is 12.6 Å². The van der Waals surface area contributed by atoms with Crippen molar-refractivity contribution in [3.05, 3.63) is 0 Å². The Bertz CT molecular complexity index is 725. The number of carboxylic acid groups (broad SMARTS) is 1. The number of carboxylic acids is 1. The molecule has 9 nitrogen and oxygen atoms in total. The Morgan fingerprint density at radius 3 is 2.23 bits per heavy atom. The van der Waals surface area contributed by atoms with Gasteiger partial charge in [-0.15, -0.1) is 10.0 Å². The quantitative estimate of drug-likeness (QED) is 0.485. The van der Waals surface area contributed by atoms with Crippen molar-refractivity contribution >= 4 is 33.1 Å². The van der Waals surface area contributed by atoms with Crippen molar-refractivity contribution in [3.63, 3.8) is 0 Å². The topological polar surface area (TPSA) is 127 Å². The molecule has 0 bridgehead atoms. The van der Waals surface area contributed by atoms with Gasteiger partial charge >= 0.3 is 5.97 Å². The van der Waals surface area contributed by atoms with Crippen LogP contribution in [0.25, 0.3) is 0 Å². The Morgan fingerprint density at radius 2 is 1.83 bits per heavy atom. The molecule has 0 aromatic rings. The summed E-state index contributed by atoms with van der Waals surface area (Å²) in [4.78, 5) is 53.3. The van der Waals surface area contributed by atoms with E-state index in [0.717, 1.165) is 0 Å². The van der Waals surface area contributed by atoms with E-state index in [1.165, 1.54) is 9.80 Å². The SMILES string of the molecule is CC(C)CNC(=O)CN(CC(C)C)C(=O)S1(CO)[C@@H]2CC(=O)N2[C@@H](C(=O)O)C1(C)C. The number of aliphatic hydroxyl groups is 1. The fourth-order valence-corrected chi connectivity index (χ4v) is 8.69. The van der Waals surface area contributed by atoms with Crippen LogP contribution in [0.1, 0.15) is 48.0 Å². The molecule has 2 rings (SSSR count). The summed E-state index contributed by atoms with van der Waals surface area (Å²) in [5, 5.41) is 22.1. The molecule has 0 radical (unpaired) electrons. The zero-order chi connectivity index (χ0) is 23.0. The molecule has 3 N–H and O–H groups in total. The molecule has 10 heteroatoms. The third-order valence-corrected chi connectivity index (χ3v) is 10.6. The van der Waals surface area contributed by atoms with Gasteiger partial charge in [-0.05, 0) is 25.7 Å². The Labute approximate surface area is 179 Å². The molecule has 2 aliphatic rings. The van der Waals surface area contributed by atoms with Gasteiger partial charge in [0, 0.05) is 17.8 Å². The van der Waals surface area contributed by atoms with E-state index in [2.05, 4.69) is 5.32 Å². The lowest BCUT2D eigenvalue weighted by Gasteiger charge is -2.51. The summed E-state index contributed by atoms with van der Waals surface area (Å²) in [7, 11) is -2.66. The Hall–Kier alpha value is -1.81. The second-order valence-corrected chi connectivity index (χ2v) is 13.3. The van der Waals surface area contributed by atoms with Crippen molar-refractivity contribution in [2.45, 2.75) is 64.1 Å². The predicted octanol–water partition coefficient (Wildman–Crippen LogP) is 1.39. The molecule has 2 saturated heterocycles. The van der Waals surface area contributed by atoms with Crippen molar-refractivity contribution in [1.82, 2.24) is 15.1 Å². The molecule has 0 spiro atoms. The summed E-state index contributed by atoms with van der Waals surface area (Å²) < 4.78 is -1.13. The number of β-lactam (4-membered cyclic amide) rings is 1. The number of rotatable bonds is 8. The second-order valence-electron chi connectivity index (χ2n) is 9.46. The Morgan fingerprint density at radius 1 is 1.23 bits per heavy atom. The van der Waals surface area contributed by atoms with Crippen LogP contribution in [0, 0.1) is 11.8 Å². The minimum Gasteiger partial charge on any atom is -0.480 e. The third kappa shape index (κ3) is 3.91. The highest BCUT2D eigenvalue weighted by Crippen LogP contribution is 2.74. The van der Waals surface area contributed by atoms with E-state index in [-0.39, 0.29) is 36.6 Å². The van der Waals surface area contributed by atoms with Crippen molar-refractivity contribution in [2.24, 2.45) is 11.8 Å². The number of amides is 3. The molecular weight excluding hydrogens is 410 g/mol. The summed E-state index contributed by atoms with van der Waals surface area (Å²) in [6.45, 7) is 11.7. The zero-order valence-electron chi connectivity index (χ0n) is 18.7. The molecule has 1 unspecified atom stereocenters. The second kappa shape index (κ2) is 8.74. The maximum atomic E-state index is 13.9. The van der Waals surface area contributed by atoms with E-state index in [4.69, 9.17) is 0 Å². The molecule has 2 heterocycles. The fourth-order valence-electron chi connectivity index (χ4n) is 4.42. The predicted molar refractivity (Wildman–Crippen MR) is 115 cm³/mol. The lowest BCUT2D eigenvalue weighted by atomic mass is 9.98. The normalized spacial score (nSPS) is 29.2. The van der Waals surface area contributed by atoms with Gasteiger partial charge in [0.2, 0.25) is 11.8 Å². The van der Waals surface area contributed by atoms with Crippen LogP contribution in [0.3, 0.4) is 0 Å². The first kappa shape index (κ1) is 24.5. The van der Waals surface area contributed by atoms with E-state index < -0.39 is 43.3 Å². The molecule has 2 aliphatic heterocycles. The van der Waals surface area contributed by atoms with Crippen LogP contribution in [0.5, 0.6) is 0 Å². The van der Waals surface area contributed by atoms with Crippen molar-refractivity contribution < 1.29 is 29.4 Å². The number of nitrogens with one attached hydrogen (secondary N) is 1. The lowest BCUT2D eigenvalue weighted by Crippen LogP contribution is -2.57. The summed E-state index contributed by atoms with van der Waals surface area (Å²) in [6, 6.07) is -1.18. The van der Waals surface area contributed by atoms with Crippen molar-refractivity contribution in [2.75, 3.05) is 25.6 Å². The van der Waals surface area contributed by atoms with Crippen LogP contribution < -0.4 is 5.32 Å². The average Bonchev–Trinajstić information content (AvgIpc) is 2.79. The van der Waals surface area contributed by atoms with E-state index >= 15 is 0 Å². The maximum Gasteiger partial charge on any atom is 0.327 e. The van der Waals surface area contributed by atoms with Gasteiger partial charge in [-0.3, -0.25) is 14.4 Å². The minimum absolute atomic E-state index is 0.0455. The first-order valence-corrected chi connectivity index (χ1v) is 12.2. The number of hydrogen-bond acceptors (Lipinski definition) is 5. The van der Waals surface area contributed by atoms with Crippen molar-refractivity contribution in [3.8, 4) is 0 Å². The summed E-state index contributed by atoms with van der Waals surface area (Å²) in [6.07, 6.45) is 0.0455. The zero-order valence-corrected chi connectivity index (χ0v) is 19.5. The Balaban J connectivity index is 2.41. The lowest BCUT2D eigenvalue weighted by molar-refractivity contribution is -0.157. The molecule has 2 fully saturated rings. The number of nitrogens with zero attached hydrogens (tertiary/aromatic N) is 2. The maximum absolute atomic E-state index is 13.9. The molecule has 0 saturated carbocycles. The van der Waals surface area contributed by atoms with Crippen molar-refractivity contribution in [1.29, 1.82) is 0 Å². The van der Waals surface area contributed by atoms with Gasteiger partial charge in [0.15, 0.2) is 0 Å². The van der Waals surface area contributed by atoms with E-state index in [1.807, 2.05) is 27.7 Å². The summed E-state index contributed by atoms with van der Waals surface area (Å²) in [5.74, 6) is -1.98. The number of fused-ring (bicyclic) bond motifs is 1. The number of hydrogen-bond donors (Lipinski definition) is 3. The number of aliphatic hydroxyl groups excluding tert-OH is 1. The van der Waals surface area contributed by atoms with Crippen LogP contribution in [-0.4, -0.2) is 84.8 Å². The van der Waals surface area contributed by atoms with Gasteiger partial charge in [0.05, 0.1) is 17.7 Å². The van der Waals surface area contributed by atoms with E-state index in [1.54, 1.807) is 13.8 Å². The molecule has 172 valence electrons. The van der Waals surface area contributed by atoms with Crippen LogP contribution in [0.15, 0.2) is 0 Å². The van der Waals surface area contributed by atoms with Crippen LogP contribution in [0.4, 0.5) is 4.79 Å². The smallest absolute Gasteiger partial charge is 0.327 e. The van der Waals surface area contributed by atoms with Crippen LogP contribution in [0.2, 0.25) is 0 Å². The number of aliphatic carboxylic acids is 1. The minimum atomic E-state index is -2.66. The molecule has 0 aromatic heterocycles. The highest BCUT2D eigenvalue weighted by Gasteiger charge is 2.72. The Kier molecular flexibility index (Phi) is 7.13. The van der Waals surface area contributed by atoms with E-state index in [9.17, 15) is 29.4 Å². The summed E-state index contributed by atoms with van der Waals surface area (Å²) in [5.41, 5.74) is 0. The first-order chi connectivity index (χ1) is 13.8. The van der Waals surface area contributed by atoms with Gasteiger partial charge in [-0.2, -0.15) is 0 Å². The standard InChI is InChI=1S/C20H35N3O6S/c1-12(2)8-21-14(25)10-22(9-13(3)4)19(29)30(11-24)16-7-15(26)23(16)17(18(27)28)20(30,5)6/h12-13,16-17,24H,7-11H2,1-6H3,(H,21,25)(H,27,28)/t16-,17+/m1/s1. The first-order valence-electron chi connectivity index (χ1n) is 10.3. The number of carbonyl (C=O) groups excluding carboxylic acids is 3. The summed E-state index contributed by atoms with van der Waals surface area (Å²) >= 11 is 0. The fraction of sp³-hybridized carbons (Fsp3) is 0.800. The van der Waals surface area contributed by atoms with Gasteiger partial charge in [-0.1, -0.05) is 27.7 Å². The molecule has 30 heavy (non-hydrogen) atoms. The van der Waals surface area contributed by atoms with Crippen LogP contribution >= 0.6 is 10.0 Å². The highest BCUT2D eigenvalue weighted by molar-refractivity contribution is 8.46. The molecule has 3 atom stereocenters. The van der Waals surface area contributed by atoms with Gasteiger partial charge in [0.25, 0.3) is 5.24 Å². The largest absolute Gasteiger partial charge is 0.480 e. The number of carbonyl (C=O) groups is 4. The highest BCUT2D eigenvalue weighted by atomic mass is 32.3. The molecule has 0 aromatic carbocycles. The monoisotopic (exact) mass is 445 g/mol. The van der Waals surface area contributed by atoms with Gasteiger partial charge in [-0.25, -0.2) is 4.79 Å².